The van der Waals surface area contributed by atoms with E-state index in [4.69, 9.17) is 11.6 Å². The molecule has 0 aliphatic carbocycles. The molecule has 2 saturated heterocycles. The molecule has 3 nitrogen and oxygen atoms in total. The number of anilines is 1. The molecule has 92 valence electrons. The van der Waals surface area contributed by atoms with Gasteiger partial charge in [-0.1, -0.05) is 0 Å². The lowest BCUT2D eigenvalue weighted by molar-refractivity contribution is 0.231. The van der Waals surface area contributed by atoms with E-state index in [-0.39, 0.29) is 0 Å². The fourth-order valence-corrected chi connectivity index (χ4v) is 3.11. The first kappa shape index (κ1) is 11.3. The smallest absolute Gasteiger partial charge is 0.0648 e. The molecule has 0 saturated carbocycles. The van der Waals surface area contributed by atoms with E-state index < -0.39 is 0 Å². The van der Waals surface area contributed by atoms with Gasteiger partial charge in [-0.3, -0.25) is 9.88 Å². The van der Waals surface area contributed by atoms with Crippen LogP contribution in [0.2, 0.25) is 0 Å². The molecule has 1 atom stereocenters. The van der Waals surface area contributed by atoms with Gasteiger partial charge < -0.3 is 4.90 Å². The van der Waals surface area contributed by atoms with Gasteiger partial charge >= 0.3 is 0 Å². The molecule has 2 aliphatic rings. The number of hydrogen-bond donors (Lipinski definition) is 0. The number of halogens is 1. The van der Waals surface area contributed by atoms with Crippen molar-refractivity contribution in [3.63, 3.8) is 0 Å². The van der Waals surface area contributed by atoms with Gasteiger partial charge in [-0.25, -0.2) is 0 Å². The van der Waals surface area contributed by atoms with E-state index in [1.54, 1.807) is 0 Å². The maximum absolute atomic E-state index is 5.84. The van der Waals surface area contributed by atoms with Crippen LogP contribution in [0, 0.1) is 0 Å². The van der Waals surface area contributed by atoms with Gasteiger partial charge in [0.1, 0.15) is 0 Å². The van der Waals surface area contributed by atoms with E-state index >= 15 is 0 Å². The minimum absolute atomic E-state index is 0.497. The summed E-state index contributed by atoms with van der Waals surface area (Å²) in [5.41, 5.74) is 2.25. The molecule has 3 rings (SSSR count). The van der Waals surface area contributed by atoms with Crippen molar-refractivity contribution in [2.75, 3.05) is 31.1 Å². The summed E-state index contributed by atoms with van der Waals surface area (Å²) >= 11 is 5.84. The monoisotopic (exact) mass is 251 g/mol. The summed E-state index contributed by atoms with van der Waals surface area (Å²) in [5, 5.41) is 0. The number of nitrogens with zero attached hydrogens (tertiary/aromatic N) is 3. The SMILES string of the molecule is ClCc1cc(N2CCN3CCCC3C2)ccn1. The summed E-state index contributed by atoms with van der Waals surface area (Å²) in [6.45, 7) is 4.78. The number of piperazine rings is 1. The lowest BCUT2D eigenvalue weighted by Crippen LogP contribution is -2.50. The van der Waals surface area contributed by atoms with Crippen LogP contribution >= 0.6 is 11.6 Å². The lowest BCUT2D eigenvalue weighted by atomic mass is 10.1. The molecule has 3 heterocycles. The standard InChI is InChI=1S/C13H18ClN3/c14-9-11-8-12(3-4-15-11)17-7-6-16-5-1-2-13(16)10-17/h3-4,8,13H,1-2,5-7,9-10H2. The summed E-state index contributed by atoms with van der Waals surface area (Å²) in [7, 11) is 0. The van der Waals surface area contributed by atoms with Crippen LogP contribution in [0.1, 0.15) is 18.5 Å². The van der Waals surface area contributed by atoms with Crippen LogP contribution in [0.3, 0.4) is 0 Å². The molecule has 0 spiro atoms. The molecule has 0 amide bonds. The molecule has 0 radical (unpaired) electrons. The molecular weight excluding hydrogens is 234 g/mol. The molecule has 1 unspecified atom stereocenters. The maximum Gasteiger partial charge on any atom is 0.0648 e. The molecule has 0 N–H and O–H groups in total. The van der Waals surface area contributed by atoms with Gasteiger partial charge in [-0.05, 0) is 31.5 Å². The van der Waals surface area contributed by atoms with E-state index in [1.807, 2.05) is 6.20 Å². The second-order valence-electron chi connectivity index (χ2n) is 4.92. The molecular formula is C13H18ClN3. The van der Waals surface area contributed by atoms with Crippen molar-refractivity contribution in [1.82, 2.24) is 9.88 Å². The number of fused-ring (bicyclic) bond motifs is 1. The normalized spacial score (nSPS) is 25.0. The van der Waals surface area contributed by atoms with E-state index in [9.17, 15) is 0 Å². The number of pyridine rings is 1. The summed E-state index contributed by atoms with van der Waals surface area (Å²) in [5.74, 6) is 0.497. The average Bonchev–Trinajstić information content (AvgIpc) is 2.86. The van der Waals surface area contributed by atoms with Crippen LogP contribution in [-0.2, 0) is 5.88 Å². The minimum Gasteiger partial charge on any atom is -0.369 e. The minimum atomic E-state index is 0.497. The second kappa shape index (κ2) is 4.83. The third kappa shape index (κ3) is 2.26. The van der Waals surface area contributed by atoms with Gasteiger partial charge in [-0.15, -0.1) is 11.6 Å². The Bertz CT molecular complexity index is 396. The molecule has 0 aromatic carbocycles. The summed E-state index contributed by atoms with van der Waals surface area (Å²) in [4.78, 5) is 9.35. The van der Waals surface area contributed by atoms with E-state index in [1.165, 1.54) is 31.6 Å². The largest absolute Gasteiger partial charge is 0.369 e. The number of rotatable bonds is 2. The van der Waals surface area contributed by atoms with Gasteiger partial charge in [0.15, 0.2) is 0 Å². The summed E-state index contributed by atoms with van der Waals surface area (Å²) in [6.07, 6.45) is 4.58. The van der Waals surface area contributed by atoms with Gasteiger partial charge in [0.2, 0.25) is 0 Å². The van der Waals surface area contributed by atoms with Crippen molar-refractivity contribution in [3.8, 4) is 0 Å². The first-order valence-electron chi connectivity index (χ1n) is 6.37. The Labute approximate surface area is 107 Å². The van der Waals surface area contributed by atoms with E-state index in [0.29, 0.717) is 5.88 Å². The van der Waals surface area contributed by atoms with Gasteiger partial charge in [0, 0.05) is 37.6 Å². The Kier molecular flexibility index (Phi) is 3.21. The van der Waals surface area contributed by atoms with Crippen molar-refractivity contribution in [1.29, 1.82) is 0 Å². The number of aromatic nitrogens is 1. The van der Waals surface area contributed by atoms with E-state index in [2.05, 4.69) is 26.9 Å². The number of alkyl halides is 1. The molecule has 2 aliphatic heterocycles. The summed E-state index contributed by atoms with van der Waals surface area (Å²) < 4.78 is 0. The van der Waals surface area contributed by atoms with Crippen LogP contribution in [0.25, 0.3) is 0 Å². The van der Waals surface area contributed by atoms with Crippen molar-refractivity contribution in [2.24, 2.45) is 0 Å². The Morgan fingerprint density at radius 3 is 3.18 bits per heavy atom. The molecule has 1 aromatic rings. The van der Waals surface area contributed by atoms with Crippen LogP contribution in [-0.4, -0.2) is 42.1 Å². The zero-order valence-corrected chi connectivity index (χ0v) is 10.7. The van der Waals surface area contributed by atoms with Crippen molar-refractivity contribution in [3.05, 3.63) is 24.0 Å². The van der Waals surface area contributed by atoms with Crippen LogP contribution in [0.4, 0.5) is 5.69 Å². The fraction of sp³-hybridized carbons (Fsp3) is 0.615. The van der Waals surface area contributed by atoms with Gasteiger partial charge in [0.25, 0.3) is 0 Å². The molecule has 4 heteroatoms. The first-order chi connectivity index (χ1) is 8.36. The zero-order chi connectivity index (χ0) is 11.7. The third-order valence-electron chi connectivity index (χ3n) is 3.89. The van der Waals surface area contributed by atoms with E-state index in [0.717, 1.165) is 24.8 Å². The topological polar surface area (TPSA) is 19.4 Å². The highest BCUT2D eigenvalue weighted by Gasteiger charge is 2.30. The molecule has 0 bridgehead atoms. The predicted molar refractivity (Wildman–Crippen MR) is 70.6 cm³/mol. The summed E-state index contributed by atoms with van der Waals surface area (Å²) in [6, 6.07) is 4.98. The first-order valence-corrected chi connectivity index (χ1v) is 6.90. The van der Waals surface area contributed by atoms with Gasteiger partial charge in [-0.2, -0.15) is 0 Å². The zero-order valence-electron chi connectivity index (χ0n) is 9.98. The predicted octanol–water partition coefficient (Wildman–Crippen LogP) is 2.10. The Balaban J connectivity index is 1.75. The Hall–Kier alpha value is -0.800. The van der Waals surface area contributed by atoms with Crippen molar-refractivity contribution in [2.45, 2.75) is 24.8 Å². The number of hydrogen-bond acceptors (Lipinski definition) is 3. The van der Waals surface area contributed by atoms with Crippen molar-refractivity contribution < 1.29 is 0 Å². The average molecular weight is 252 g/mol. The quantitative estimate of drug-likeness (QED) is 0.751. The molecule has 2 fully saturated rings. The van der Waals surface area contributed by atoms with Gasteiger partial charge in [0.05, 0.1) is 11.6 Å². The second-order valence-corrected chi connectivity index (χ2v) is 5.18. The van der Waals surface area contributed by atoms with Crippen LogP contribution < -0.4 is 4.90 Å². The third-order valence-corrected chi connectivity index (χ3v) is 4.16. The lowest BCUT2D eigenvalue weighted by Gasteiger charge is -2.38. The Morgan fingerprint density at radius 2 is 2.29 bits per heavy atom. The van der Waals surface area contributed by atoms with Crippen LogP contribution in [0.5, 0.6) is 0 Å². The van der Waals surface area contributed by atoms with Crippen LogP contribution in [0.15, 0.2) is 18.3 Å². The Morgan fingerprint density at radius 1 is 1.35 bits per heavy atom. The van der Waals surface area contributed by atoms with Crippen molar-refractivity contribution >= 4 is 17.3 Å². The highest BCUT2D eigenvalue weighted by Crippen LogP contribution is 2.25. The fourth-order valence-electron chi connectivity index (χ4n) is 2.96. The highest BCUT2D eigenvalue weighted by atomic mass is 35.5. The molecule has 17 heavy (non-hydrogen) atoms. The maximum atomic E-state index is 5.84. The highest BCUT2D eigenvalue weighted by molar-refractivity contribution is 6.16. The molecule has 1 aromatic heterocycles.